The highest BCUT2D eigenvalue weighted by molar-refractivity contribution is 5.88. The number of fused-ring (bicyclic) bond motifs is 1. The maximum absolute atomic E-state index is 11.8. The Hall–Kier alpha value is -1.61. The van der Waals surface area contributed by atoms with Crippen LogP contribution >= 0.6 is 0 Å². The van der Waals surface area contributed by atoms with Crippen LogP contribution in [0.5, 0.6) is 0 Å². The van der Waals surface area contributed by atoms with Crippen LogP contribution in [-0.2, 0) is 11.2 Å². The van der Waals surface area contributed by atoms with Crippen molar-refractivity contribution in [2.45, 2.75) is 26.3 Å². The van der Waals surface area contributed by atoms with E-state index >= 15 is 0 Å². The smallest absolute Gasteiger partial charge is 0.152 e. The number of H-pyrrole nitrogens is 1. The fourth-order valence-corrected chi connectivity index (χ4v) is 2.07. The number of nitrogens with one attached hydrogen (secondary N) is 1. The van der Waals surface area contributed by atoms with Crippen LogP contribution in [0.2, 0.25) is 0 Å². The number of ketones is 1. The molecule has 0 aliphatic carbocycles. The maximum atomic E-state index is 11.8. The summed E-state index contributed by atoms with van der Waals surface area (Å²) in [6, 6.07) is 7.65. The van der Waals surface area contributed by atoms with Crippen molar-refractivity contribution in [2.24, 2.45) is 11.7 Å². The molecule has 3 nitrogen and oxygen atoms in total. The third kappa shape index (κ3) is 2.39. The van der Waals surface area contributed by atoms with Gasteiger partial charge in [0.05, 0.1) is 6.04 Å². The molecule has 1 aromatic heterocycles. The number of aromatic amines is 1. The van der Waals surface area contributed by atoms with Crippen molar-refractivity contribution >= 4 is 16.7 Å². The highest BCUT2D eigenvalue weighted by atomic mass is 16.1. The number of Topliss-reactive ketones (excluding diaryl/α,β-unsaturated/α-hetero) is 1. The van der Waals surface area contributed by atoms with E-state index in [-0.39, 0.29) is 11.7 Å². The normalized spacial score (nSPS) is 13.2. The van der Waals surface area contributed by atoms with Gasteiger partial charge in [0.2, 0.25) is 0 Å². The number of carbonyl (C=O) groups is 1. The third-order valence-corrected chi connectivity index (χ3v) is 3.05. The summed E-state index contributed by atoms with van der Waals surface area (Å²) in [4.78, 5) is 15.0. The van der Waals surface area contributed by atoms with E-state index in [9.17, 15) is 4.79 Å². The number of para-hydroxylation sites is 1. The first kappa shape index (κ1) is 11.9. The first-order valence-corrected chi connectivity index (χ1v) is 5.94. The molecule has 0 aliphatic rings. The molecular weight excluding hydrogens is 212 g/mol. The van der Waals surface area contributed by atoms with Crippen LogP contribution in [0.15, 0.2) is 30.5 Å². The minimum absolute atomic E-state index is 0.00444. The highest BCUT2D eigenvalue weighted by Gasteiger charge is 2.18. The number of carbonyl (C=O) groups excluding carboxylic acids is 1. The molecule has 17 heavy (non-hydrogen) atoms. The second-order valence-electron chi connectivity index (χ2n) is 4.73. The summed E-state index contributed by atoms with van der Waals surface area (Å²) in [5, 5.41) is 1.15. The fourth-order valence-electron chi connectivity index (χ4n) is 2.07. The van der Waals surface area contributed by atoms with Gasteiger partial charge in [0.25, 0.3) is 0 Å². The molecule has 0 aliphatic heterocycles. The molecule has 0 bridgehead atoms. The molecule has 0 radical (unpaired) electrons. The van der Waals surface area contributed by atoms with Gasteiger partial charge >= 0.3 is 0 Å². The van der Waals surface area contributed by atoms with Crippen molar-refractivity contribution in [2.75, 3.05) is 0 Å². The Balaban J connectivity index is 2.21. The topological polar surface area (TPSA) is 58.9 Å². The molecule has 0 saturated carbocycles. The van der Waals surface area contributed by atoms with Crippen molar-refractivity contribution in [3.8, 4) is 0 Å². The molecule has 1 heterocycles. The number of benzene rings is 1. The second-order valence-corrected chi connectivity index (χ2v) is 4.73. The summed E-state index contributed by atoms with van der Waals surface area (Å²) in [5.41, 5.74) is 8.14. The predicted molar refractivity (Wildman–Crippen MR) is 69.8 cm³/mol. The lowest BCUT2D eigenvalue weighted by Crippen LogP contribution is -2.35. The van der Waals surface area contributed by atoms with Crippen molar-refractivity contribution in [1.29, 1.82) is 0 Å². The summed E-state index contributed by atoms with van der Waals surface area (Å²) >= 11 is 0. The Kier molecular flexibility index (Phi) is 3.29. The molecule has 0 saturated heterocycles. The molecule has 0 amide bonds. The van der Waals surface area contributed by atoms with Crippen LogP contribution in [-0.4, -0.2) is 16.8 Å². The minimum Gasteiger partial charge on any atom is -0.361 e. The lowest BCUT2D eigenvalue weighted by molar-refractivity contribution is -0.123. The lowest BCUT2D eigenvalue weighted by Gasteiger charge is -2.12. The molecule has 3 N–H and O–H groups in total. The number of hydrogen-bond donors (Lipinski definition) is 2. The van der Waals surface area contributed by atoms with Crippen molar-refractivity contribution in [3.05, 3.63) is 36.0 Å². The first-order chi connectivity index (χ1) is 8.09. The van der Waals surface area contributed by atoms with E-state index in [1.54, 1.807) is 0 Å². The van der Waals surface area contributed by atoms with Gasteiger partial charge < -0.3 is 10.7 Å². The SMILES string of the molecule is CC(C)C(=O)[C@@H](N)Cc1c[nH]c2ccccc12. The average molecular weight is 230 g/mol. The van der Waals surface area contributed by atoms with Crippen LogP contribution in [0, 0.1) is 5.92 Å². The first-order valence-electron chi connectivity index (χ1n) is 5.94. The van der Waals surface area contributed by atoms with Crippen molar-refractivity contribution < 1.29 is 4.79 Å². The van der Waals surface area contributed by atoms with Gasteiger partial charge in [-0.15, -0.1) is 0 Å². The van der Waals surface area contributed by atoms with Crippen LogP contribution in [0.3, 0.4) is 0 Å². The van der Waals surface area contributed by atoms with Crippen LogP contribution < -0.4 is 5.73 Å². The van der Waals surface area contributed by atoms with E-state index in [4.69, 9.17) is 5.73 Å². The third-order valence-electron chi connectivity index (χ3n) is 3.05. The number of hydrogen-bond acceptors (Lipinski definition) is 2. The summed E-state index contributed by atoms with van der Waals surface area (Å²) in [6.45, 7) is 3.77. The molecule has 90 valence electrons. The molecule has 2 rings (SSSR count). The Morgan fingerprint density at radius 2 is 2.06 bits per heavy atom. The Labute approximate surface area is 101 Å². The monoisotopic (exact) mass is 230 g/mol. The van der Waals surface area contributed by atoms with Gasteiger partial charge in [0.1, 0.15) is 0 Å². The summed E-state index contributed by atoms with van der Waals surface area (Å²) in [7, 11) is 0. The molecule has 2 aromatic rings. The van der Waals surface area contributed by atoms with Crippen molar-refractivity contribution in [1.82, 2.24) is 4.98 Å². The quantitative estimate of drug-likeness (QED) is 0.846. The van der Waals surface area contributed by atoms with Crippen LogP contribution in [0.1, 0.15) is 19.4 Å². The Morgan fingerprint density at radius 1 is 1.35 bits per heavy atom. The number of aromatic nitrogens is 1. The molecule has 1 aromatic carbocycles. The molecule has 0 unspecified atom stereocenters. The van der Waals surface area contributed by atoms with Crippen LogP contribution in [0.4, 0.5) is 0 Å². The Morgan fingerprint density at radius 3 is 2.76 bits per heavy atom. The van der Waals surface area contributed by atoms with E-state index in [2.05, 4.69) is 4.98 Å². The van der Waals surface area contributed by atoms with Crippen LogP contribution in [0.25, 0.3) is 10.9 Å². The van der Waals surface area contributed by atoms with E-state index < -0.39 is 6.04 Å². The maximum Gasteiger partial charge on any atom is 0.152 e. The summed E-state index contributed by atoms with van der Waals surface area (Å²) < 4.78 is 0. The van der Waals surface area contributed by atoms with Gasteiger partial charge in [0.15, 0.2) is 5.78 Å². The van der Waals surface area contributed by atoms with Gasteiger partial charge in [0, 0.05) is 23.0 Å². The van der Waals surface area contributed by atoms with E-state index in [1.807, 2.05) is 44.3 Å². The van der Waals surface area contributed by atoms with Crippen molar-refractivity contribution in [3.63, 3.8) is 0 Å². The number of rotatable bonds is 4. The minimum atomic E-state index is -0.408. The number of nitrogens with two attached hydrogens (primary N) is 1. The van der Waals surface area contributed by atoms with Gasteiger partial charge in [-0.25, -0.2) is 0 Å². The zero-order chi connectivity index (χ0) is 12.4. The predicted octanol–water partition coefficient (Wildman–Crippen LogP) is 2.26. The van der Waals surface area contributed by atoms with Gasteiger partial charge in [-0.05, 0) is 18.1 Å². The largest absolute Gasteiger partial charge is 0.361 e. The summed E-state index contributed by atoms with van der Waals surface area (Å²) in [6.07, 6.45) is 2.54. The molecular formula is C14H18N2O. The second kappa shape index (κ2) is 4.72. The average Bonchev–Trinajstić information content (AvgIpc) is 2.71. The van der Waals surface area contributed by atoms with Gasteiger partial charge in [-0.1, -0.05) is 32.0 Å². The highest BCUT2D eigenvalue weighted by Crippen LogP contribution is 2.19. The van der Waals surface area contributed by atoms with Gasteiger partial charge in [-0.3, -0.25) is 4.79 Å². The molecule has 1 atom stereocenters. The van der Waals surface area contributed by atoms with E-state index in [0.29, 0.717) is 6.42 Å². The lowest BCUT2D eigenvalue weighted by atomic mass is 9.96. The van der Waals surface area contributed by atoms with E-state index in [0.717, 1.165) is 16.5 Å². The molecule has 0 spiro atoms. The zero-order valence-corrected chi connectivity index (χ0v) is 10.2. The molecule has 3 heteroatoms. The van der Waals surface area contributed by atoms with Gasteiger partial charge in [-0.2, -0.15) is 0 Å². The fraction of sp³-hybridized carbons (Fsp3) is 0.357. The van der Waals surface area contributed by atoms with E-state index in [1.165, 1.54) is 0 Å². The molecule has 0 fully saturated rings. The Bertz CT molecular complexity index is 528. The zero-order valence-electron chi connectivity index (χ0n) is 10.2. The standard InChI is InChI=1S/C14H18N2O/c1-9(2)14(17)12(15)7-10-8-16-13-6-4-3-5-11(10)13/h3-6,8-9,12,16H,7,15H2,1-2H3/t12-/m0/s1. The summed E-state index contributed by atoms with van der Waals surface area (Å²) in [5.74, 6) is 0.116.